The Morgan fingerprint density at radius 3 is 2.54 bits per heavy atom. The molecule has 0 N–H and O–H groups in total. The van der Waals surface area contributed by atoms with Crippen LogP contribution in [0.25, 0.3) is 0 Å². The molecular formula is C21H20N4O3. The highest BCUT2D eigenvalue weighted by Crippen LogP contribution is 2.36. The molecule has 2 aromatic rings. The minimum atomic E-state index is -0.799. The van der Waals surface area contributed by atoms with Gasteiger partial charge in [0.05, 0.1) is 18.0 Å². The average molecular weight is 376 g/mol. The third-order valence-corrected chi connectivity index (χ3v) is 5.53. The molecule has 142 valence electrons. The van der Waals surface area contributed by atoms with Crippen LogP contribution < -0.4 is 14.6 Å². The smallest absolute Gasteiger partial charge is 0.263 e. The molecule has 0 aromatic heterocycles. The lowest BCUT2D eigenvalue weighted by atomic mass is 10.1. The molecule has 0 saturated carbocycles. The van der Waals surface area contributed by atoms with Crippen molar-refractivity contribution in [2.45, 2.75) is 38.3 Å². The summed E-state index contributed by atoms with van der Waals surface area (Å²) in [5.74, 6) is 0.143. The van der Waals surface area contributed by atoms with Gasteiger partial charge in [0.2, 0.25) is 0 Å². The molecule has 0 radical (unpaired) electrons. The van der Waals surface area contributed by atoms with Crippen LogP contribution in [0.4, 0.5) is 11.4 Å². The predicted molar refractivity (Wildman–Crippen MR) is 103 cm³/mol. The molecule has 5 rings (SSSR count). The zero-order chi connectivity index (χ0) is 19.3. The number of carbonyl (C=O) groups is 2. The molecular weight excluding hydrogens is 356 g/mol. The van der Waals surface area contributed by atoms with Gasteiger partial charge in [0.1, 0.15) is 5.75 Å². The molecule has 7 heteroatoms. The van der Waals surface area contributed by atoms with Crippen LogP contribution in [0.3, 0.4) is 0 Å². The van der Waals surface area contributed by atoms with Crippen LogP contribution in [0.15, 0.2) is 52.8 Å². The molecule has 1 saturated heterocycles. The standard InChI is InChI=1S/C21H20N4O3/c1-2-28-17-10-8-15(9-11-17)25-19-18(22-23-25)20(26)24(21(19)27)16-7-6-13-4-3-5-14(13)12-16/h6-12,18-19H,2-5H2,1H3/t18-,19-/m0/s1. The fourth-order valence-electron chi connectivity index (χ4n) is 4.19. The maximum atomic E-state index is 13.2. The third kappa shape index (κ3) is 2.50. The number of fused-ring (bicyclic) bond motifs is 2. The Morgan fingerprint density at radius 2 is 1.75 bits per heavy atom. The molecule has 0 spiro atoms. The lowest BCUT2D eigenvalue weighted by Crippen LogP contribution is -2.39. The zero-order valence-corrected chi connectivity index (χ0v) is 15.5. The van der Waals surface area contributed by atoms with Crippen LogP contribution in [0, 0.1) is 0 Å². The van der Waals surface area contributed by atoms with E-state index >= 15 is 0 Å². The van der Waals surface area contributed by atoms with Crippen molar-refractivity contribution in [2.75, 3.05) is 16.5 Å². The van der Waals surface area contributed by atoms with Crippen molar-refractivity contribution in [3.8, 4) is 5.75 Å². The molecule has 2 aromatic carbocycles. The van der Waals surface area contributed by atoms with Crippen molar-refractivity contribution in [3.63, 3.8) is 0 Å². The van der Waals surface area contributed by atoms with E-state index in [0.29, 0.717) is 18.0 Å². The molecule has 1 fully saturated rings. The SMILES string of the molecule is CCOc1ccc(N2N=N[C@@H]3C(=O)N(c4ccc5c(c4)CCC5)C(=O)[C@H]32)cc1. The Hall–Kier alpha value is -3.22. The van der Waals surface area contributed by atoms with Gasteiger partial charge in [-0.3, -0.25) is 9.59 Å². The summed E-state index contributed by atoms with van der Waals surface area (Å²) in [6, 6.07) is 11.6. The van der Waals surface area contributed by atoms with E-state index in [1.54, 1.807) is 0 Å². The molecule has 7 nitrogen and oxygen atoms in total. The molecule has 1 aliphatic carbocycles. The van der Waals surface area contributed by atoms with Crippen LogP contribution in [-0.4, -0.2) is 30.5 Å². The number of amides is 2. The summed E-state index contributed by atoms with van der Waals surface area (Å²) in [5, 5.41) is 9.74. The normalized spacial score (nSPS) is 22.8. The highest BCUT2D eigenvalue weighted by atomic mass is 16.5. The van der Waals surface area contributed by atoms with Gasteiger partial charge in [0.25, 0.3) is 11.8 Å². The van der Waals surface area contributed by atoms with Crippen molar-refractivity contribution in [2.24, 2.45) is 10.3 Å². The third-order valence-electron chi connectivity index (χ3n) is 5.53. The van der Waals surface area contributed by atoms with Gasteiger partial charge in [0.15, 0.2) is 12.1 Å². The van der Waals surface area contributed by atoms with Crippen LogP contribution in [-0.2, 0) is 22.4 Å². The largest absolute Gasteiger partial charge is 0.494 e. The van der Waals surface area contributed by atoms with E-state index in [-0.39, 0.29) is 11.8 Å². The summed E-state index contributed by atoms with van der Waals surface area (Å²) in [6.45, 7) is 2.50. The predicted octanol–water partition coefficient (Wildman–Crippen LogP) is 3.07. The monoisotopic (exact) mass is 376 g/mol. The van der Waals surface area contributed by atoms with Crippen molar-refractivity contribution in [1.29, 1.82) is 0 Å². The maximum Gasteiger partial charge on any atom is 0.263 e. The number of nitrogens with zero attached hydrogens (tertiary/aromatic N) is 4. The van der Waals surface area contributed by atoms with Gasteiger partial charge in [-0.2, -0.15) is 5.11 Å². The second kappa shape index (κ2) is 6.44. The van der Waals surface area contributed by atoms with E-state index < -0.39 is 12.1 Å². The first kappa shape index (κ1) is 16.9. The van der Waals surface area contributed by atoms with Crippen LogP contribution in [0.1, 0.15) is 24.5 Å². The molecule has 0 bridgehead atoms. The van der Waals surface area contributed by atoms with Crippen LogP contribution in [0.2, 0.25) is 0 Å². The topological polar surface area (TPSA) is 74.6 Å². The molecule has 2 atom stereocenters. The Kier molecular flexibility index (Phi) is 3.89. The van der Waals surface area contributed by atoms with Crippen molar-refractivity contribution < 1.29 is 14.3 Å². The number of benzene rings is 2. The quantitative estimate of drug-likeness (QED) is 0.769. The number of imide groups is 1. The first-order valence-corrected chi connectivity index (χ1v) is 9.60. The molecule has 28 heavy (non-hydrogen) atoms. The van der Waals surface area contributed by atoms with Gasteiger partial charge in [-0.1, -0.05) is 11.3 Å². The number of hydrogen-bond donors (Lipinski definition) is 0. The van der Waals surface area contributed by atoms with E-state index in [1.807, 2.05) is 49.4 Å². The summed E-state index contributed by atoms with van der Waals surface area (Å²) in [7, 11) is 0. The average Bonchev–Trinajstić information content (AvgIpc) is 3.40. The summed E-state index contributed by atoms with van der Waals surface area (Å²) in [6.07, 6.45) is 3.17. The number of anilines is 2. The fraction of sp³-hybridized carbons (Fsp3) is 0.333. The highest BCUT2D eigenvalue weighted by Gasteiger charge is 2.55. The number of ether oxygens (including phenoxy) is 1. The maximum absolute atomic E-state index is 13.2. The number of rotatable bonds is 4. The number of carbonyl (C=O) groups excluding carboxylic acids is 2. The van der Waals surface area contributed by atoms with E-state index in [2.05, 4.69) is 10.3 Å². The minimum Gasteiger partial charge on any atom is -0.494 e. The molecule has 2 heterocycles. The van der Waals surface area contributed by atoms with Crippen molar-refractivity contribution in [1.82, 2.24) is 0 Å². The van der Waals surface area contributed by atoms with E-state index in [4.69, 9.17) is 4.74 Å². The minimum absolute atomic E-state index is 0.285. The van der Waals surface area contributed by atoms with E-state index in [0.717, 1.165) is 25.0 Å². The Bertz CT molecular complexity index is 986. The summed E-state index contributed by atoms with van der Waals surface area (Å²) in [4.78, 5) is 27.4. The second-order valence-corrected chi connectivity index (χ2v) is 7.18. The zero-order valence-electron chi connectivity index (χ0n) is 15.5. The van der Waals surface area contributed by atoms with Gasteiger partial charge < -0.3 is 4.74 Å². The Balaban J connectivity index is 1.44. The summed E-state index contributed by atoms with van der Waals surface area (Å²) in [5.41, 5.74) is 3.86. The van der Waals surface area contributed by atoms with Gasteiger partial charge in [-0.15, -0.1) is 0 Å². The molecule has 3 aliphatic rings. The first-order valence-electron chi connectivity index (χ1n) is 9.60. The van der Waals surface area contributed by atoms with Crippen molar-refractivity contribution >= 4 is 23.2 Å². The van der Waals surface area contributed by atoms with Gasteiger partial charge in [-0.05, 0) is 73.7 Å². The van der Waals surface area contributed by atoms with E-state index in [1.165, 1.54) is 21.0 Å². The van der Waals surface area contributed by atoms with Gasteiger partial charge in [0, 0.05) is 0 Å². The molecule has 2 amide bonds. The van der Waals surface area contributed by atoms with Crippen molar-refractivity contribution in [3.05, 3.63) is 53.6 Å². The number of aryl methyl sites for hydroxylation is 2. The first-order chi connectivity index (χ1) is 13.7. The molecule has 2 aliphatic heterocycles. The van der Waals surface area contributed by atoms with E-state index in [9.17, 15) is 9.59 Å². The fourth-order valence-corrected chi connectivity index (χ4v) is 4.19. The lowest BCUT2D eigenvalue weighted by molar-refractivity contribution is -0.121. The molecule has 0 unspecified atom stereocenters. The lowest BCUT2D eigenvalue weighted by Gasteiger charge is -2.21. The Morgan fingerprint density at radius 1 is 1.00 bits per heavy atom. The van der Waals surface area contributed by atoms with Crippen LogP contribution in [0.5, 0.6) is 5.75 Å². The second-order valence-electron chi connectivity index (χ2n) is 7.18. The number of hydrogen-bond acceptors (Lipinski definition) is 6. The van der Waals surface area contributed by atoms with Gasteiger partial charge >= 0.3 is 0 Å². The van der Waals surface area contributed by atoms with Gasteiger partial charge in [-0.25, -0.2) is 9.91 Å². The highest BCUT2D eigenvalue weighted by molar-refractivity contribution is 6.26. The summed E-state index contributed by atoms with van der Waals surface area (Å²) >= 11 is 0. The Labute approximate surface area is 162 Å². The van der Waals surface area contributed by atoms with Crippen LogP contribution >= 0.6 is 0 Å². The summed E-state index contributed by atoms with van der Waals surface area (Å²) < 4.78 is 5.46.